The summed E-state index contributed by atoms with van der Waals surface area (Å²) in [6.07, 6.45) is 2.09. The van der Waals surface area contributed by atoms with E-state index < -0.39 is 11.8 Å². The summed E-state index contributed by atoms with van der Waals surface area (Å²) in [5.74, 6) is -0.975. The minimum absolute atomic E-state index is 0.0410. The molecule has 2 aromatic heterocycles. The van der Waals surface area contributed by atoms with E-state index in [1.54, 1.807) is 24.3 Å². The lowest BCUT2D eigenvalue weighted by Crippen LogP contribution is -2.42. The standard InChI is InChI=1S/C18H17ClN4O4S/c1-2-7-23-17(26)12-6-5-11(19)9-13(12)20-18(23)28-10-15(24)21-22-16(25)14-4-3-8-27-14/h3-6,8-9H,2,7,10H2,1H3,(H,21,24)(H,22,25). The maximum Gasteiger partial charge on any atom is 0.305 e. The van der Waals surface area contributed by atoms with Gasteiger partial charge in [0.1, 0.15) is 0 Å². The molecule has 3 rings (SSSR count). The predicted octanol–water partition coefficient (Wildman–Crippen LogP) is 2.61. The van der Waals surface area contributed by atoms with Gasteiger partial charge in [-0.3, -0.25) is 29.8 Å². The lowest BCUT2D eigenvalue weighted by Gasteiger charge is -2.12. The van der Waals surface area contributed by atoms with Crippen LogP contribution in [0.15, 0.2) is 51.0 Å². The van der Waals surface area contributed by atoms with Crippen LogP contribution in [0.4, 0.5) is 0 Å². The molecule has 0 atom stereocenters. The van der Waals surface area contributed by atoms with Gasteiger partial charge >= 0.3 is 5.91 Å². The smallest absolute Gasteiger partial charge is 0.305 e. The number of nitrogens with zero attached hydrogens (tertiary/aromatic N) is 2. The molecule has 0 aliphatic rings. The van der Waals surface area contributed by atoms with Gasteiger partial charge < -0.3 is 4.42 Å². The number of hydrogen-bond donors (Lipinski definition) is 2. The molecule has 0 unspecified atom stereocenters. The number of halogens is 1. The number of thioether (sulfide) groups is 1. The highest BCUT2D eigenvalue weighted by Crippen LogP contribution is 2.20. The molecule has 0 fully saturated rings. The van der Waals surface area contributed by atoms with Gasteiger partial charge in [0.05, 0.1) is 22.9 Å². The van der Waals surface area contributed by atoms with Gasteiger partial charge in [0.15, 0.2) is 10.9 Å². The van der Waals surface area contributed by atoms with Crippen LogP contribution in [0.25, 0.3) is 10.9 Å². The molecule has 8 nitrogen and oxygen atoms in total. The predicted molar refractivity (Wildman–Crippen MR) is 106 cm³/mol. The van der Waals surface area contributed by atoms with Crippen LogP contribution in [-0.2, 0) is 11.3 Å². The second kappa shape index (κ2) is 8.94. The van der Waals surface area contributed by atoms with Crippen LogP contribution in [0, 0.1) is 0 Å². The van der Waals surface area contributed by atoms with Crippen LogP contribution >= 0.6 is 23.4 Å². The van der Waals surface area contributed by atoms with Crippen molar-refractivity contribution in [2.75, 3.05) is 5.75 Å². The van der Waals surface area contributed by atoms with Crippen LogP contribution in [0.1, 0.15) is 23.9 Å². The third kappa shape index (κ3) is 4.55. The number of amides is 2. The van der Waals surface area contributed by atoms with E-state index in [9.17, 15) is 14.4 Å². The number of nitrogens with one attached hydrogen (secondary N) is 2. The number of carbonyl (C=O) groups is 2. The Hall–Kier alpha value is -2.78. The van der Waals surface area contributed by atoms with Crippen molar-refractivity contribution in [2.45, 2.75) is 25.0 Å². The number of rotatable bonds is 6. The zero-order chi connectivity index (χ0) is 20.1. The first-order chi connectivity index (χ1) is 13.5. The van der Waals surface area contributed by atoms with E-state index in [4.69, 9.17) is 16.0 Å². The lowest BCUT2D eigenvalue weighted by atomic mass is 10.2. The summed E-state index contributed by atoms with van der Waals surface area (Å²) in [7, 11) is 0. The third-order valence-corrected chi connectivity index (χ3v) is 4.93. The molecule has 0 aliphatic carbocycles. The fourth-order valence-corrected chi connectivity index (χ4v) is 3.46. The average molecular weight is 421 g/mol. The van der Waals surface area contributed by atoms with E-state index in [1.165, 1.54) is 16.9 Å². The van der Waals surface area contributed by atoms with Crippen molar-refractivity contribution in [2.24, 2.45) is 0 Å². The maximum atomic E-state index is 12.7. The zero-order valence-corrected chi connectivity index (χ0v) is 16.5. The van der Waals surface area contributed by atoms with E-state index in [1.807, 2.05) is 6.92 Å². The summed E-state index contributed by atoms with van der Waals surface area (Å²) in [6.45, 7) is 2.42. The molecular formula is C18H17ClN4O4S. The number of carbonyl (C=O) groups excluding carboxylic acids is 2. The molecule has 0 saturated heterocycles. The van der Waals surface area contributed by atoms with E-state index in [0.29, 0.717) is 27.6 Å². The molecule has 2 amide bonds. The molecule has 0 saturated carbocycles. The molecule has 146 valence electrons. The van der Waals surface area contributed by atoms with Crippen molar-refractivity contribution >= 4 is 46.1 Å². The fourth-order valence-electron chi connectivity index (χ4n) is 2.47. The van der Waals surface area contributed by atoms with Gasteiger partial charge in [-0.25, -0.2) is 4.98 Å². The van der Waals surface area contributed by atoms with Crippen LogP contribution in [0.2, 0.25) is 5.02 Å². The molecule has 10 heteroatoms. The summed E-state index contributed by atoms with van der Waals surface area (Å²) in [4.78, 5) is 41.0. The highest BCUT2D eigenvalue weighted by Gasteiger charge is 2.14. The summed E-state index contributed by atoms with van der Waals surface area (Å²) in [6, 6.07) is 7.94. The largest absolute Gasteiger partial charge is 0.459 e. The number of aromatic nitrogens is 2. The molecule has 3 aromatic rings. The van der Waals surface area contributed by atoms with Crippen molar-refractivity contribution in [3.05, 3.63) is 57.7 Å². The first-order valence-electron chi connectivity index (χ1n) is 8.45. The highest BCUT2D eigenvalue weighted by atomic mass is 35.5. The summed E-state index contributed by atoms with van der Waals surface area (Å²) < 4.78 is 6.47. The van der Waals surface area contributed by atoms with Gasteiger partial charge in [-0.2, -0.15) is 0 Å². The number of hydrogen-bond acceptors (Lipinski definition) is 6. The van der Waals surface area contributed by atoms with Crippen molar-refractivity contribution in [1.29, 1.82) is 0 Å². The molecule has 0 radical (unpaired) electrons. The van der Waals surface area contributed by atoms with Crippen LogP contribution in [-0.4, -0.2) is 27.1 Å². The minimum Gasteiger partial charge on any atom is -0.459 e. The normalized spacial score (nSPS) is 10.8. The quantitative estimate of drug-likeness (QED) is 0.360. The molecule has 1 aromatic carbocycles. The van der Waals surface area contributed by atoms with E-state index in [0.717, 1.165) is 18.2 Å². The maximum absolute atomic E-state index is 12.7. The Morgan fingerprint density at radius 3 is 2.82 bits per heavy atom. The monoisotopic (exact) mass is 420 g/mol. The molecule has 0 spiro atoms. The summed E-state index contributed by atoms with van der Waals surface area (Å²) in [5.41, 5.74) is 4.84. The van der Waals surface area contributed by atoms with E-state index >= 15 is 0 Å². The fraction of sp³-hybridized carbons (Fsp3) is 0.222. The molecule has 2 heterocycles. The third-order valence-electron chi connectivity index (χ3n) is 3.72. The minimum atomic E-state index is -0.565. The molecule has 2 N–H and O–H groups in total. The molecular weight excluding hydrogens is 404 g/mol. The Morgan fingerprint density at radius 1 is 1.29 bits per heavy atom. The average Bonchev–Trinajstić information content (AvgIpc) is 3.21. The number of benzene rings is 1. The van der Waals surface area contributed by atoms with Crippen molar-refractivity contribution < 1.29 is 14.0 Å². The molecule has 28 heavy (non-hydrogen) atoms. The van der Waals surface area contributed by atoms with Gasteiger partial charge in [-0.1, -0.05) is 30.3 Å². The molecule has 0 bridgehead atoms. The van der Waals surface area contributed by atoms with Crippen molar-refractivity contribution in [3.63, 3.8) is 0 Å². The zero-order valence-electron chi connectivity index (χ0n) is 14.9. The second-order valence-corrected chi connectivity index (χ2v) is 7.16. The van der Waals surface area contributed by atoms with Crippen LogP contribution < -0.4 is 16.4 Å². The highest BCUT2D eigenvalue weighted by molar-refractivity contribution is 7.99. The van der Waals surface area contributed by atoms with Gasteiger partial charge in [-0.05, 0) is 36.8 Å². The first-order valence-corrected chi connectivity index (χ1v) is 9.81. The topological polar surface area (TPSA) is 106 Å². The number of fused-ring (bicyclic) bond motifs is 1. The summed E-state index contributed by atoms with van der Waals surface area (Å²) in [5, 5.41) is 1.36. The Morgan fingerprint density at radius 2 is 2.11 bits per heavy atom. The Kier molecular flexibility index (Phi) is 6.37. The van der Waals surface area contributed by atoms with E-state index in [-0.39, 0.29) is 17.1 Å². The lowest BCUT2D eigenvalue weighted by molar-refractivity contribution is -0.119. The Balaban J connectivity index is 1.72. The SMILES string of the molecule is CCCn1c(SCC(=O)NNC(=O)c2ccco2)nc2cc(Cl)ccc2c1=O. The Labute approximate surface area is 169 Å². The van der Waals surface area contributed by atoms with E-state index in [2.05, 4.69) is 15.8 Å². The van der Waals surface area contributed by atoms with Gasteiger partial charge in [-0.15, -0.1) is 0 Å². The number of hydrazine groups is 1. The summed E-state index contributed by atoms with van der Waals surface area (Å²) >= 11 is 7.10. The van der Waals surface area contributed by atoms with Gasteiger partial charge in [0.25, 0.3) is 5.56 Å². The first kappa shape index (κ1) is 20.0. The van der Waals surface area contributed by atoms with Crippen molar-refractivity contribution in [3.8, 4) is 0 Å². The number of furan rings is 1. The Bertz CT molecular complexity index is 1070. The molecule has 0 aliphatic heterocycles. The van der Waals surface area contributed by atoms with Gasteiger partial charge in [0.2, 0.25) is 5.91 Å². The second-order valence-electron chi connectivity index (χ2n) is 5.78. The van der Waals surface area contributed by atoms with Crippen LogP contribution in [0.5, 0.6) is 0 Å². The van der Waals surface area contributed by atoms with Crippen molar-refractivity contribution in [1.82, 2.24) is 20.4 Å². The van der Waals surface area contributed by atoms with Crippen LogP contribution in [0.3, 0.4) is 0 Å². The van der Waals surface area contributed by atoms with Gasteiger partial charge in [0, 0.05) is 11.6 Å².